The van der Waals surface area contributed by atoms with Gasteiger partial charge in [-0.3, -0.25) is 14.9 Å². The lowest BCUT2D eigenvalue weighted by Gasteiger charge is -2.08. The monoisotopic (exact) mass is 372 g/mol. The van der Waals surface area contributed by atoms with Crippen LogP contribution in [0.3, 0.4) is 0 Å². The number of non-ortho nitro benzene ring substituents is 1. The summed E-state index contributed by atoms with van der Waals surface area (Å²) in [5, 5.41) is 13.0. The molecule has 0 aromatic heterocycles. The van der Waals surface area contributed by atoms with Crippen molar-refractivity contribution < 1.29 is 14.1 Å². The summed E-state index contributed by atoms with van der Waals surface area (Å²) in [6.07, 6.45) is 0. The SMILES string of the molecule is O=C(Nc1cc(F)ccc1Br)c1ccc([N+](=O)[O-])cc1Cl. The lowest BCUT2D eigenvalue weighted by atomic mass is 10.2. The van der Waals surface area contributed by atoms with E-state index in [0.29, 0.717) is 4.47 Å². The number of anilines is 1. The number of nitrogens with one attached hydrogen (secondary N) is 1. The van der Waals surface area contributed by atoms with Crippen molar-refractivity contribution in [3.63, 3.8) is 0 Å². The number of benzene rings is 2. The Balaban J connectivity index is 2.28. The number of nitro groups is 1. The minimum Gasteiger partial charge on any atom is -0.321 e. The Morgan fingerprint density at radius 3 is 2.62 bits per heavy atom. The predicted octanol–water partition coefficient (Wildman–Crippen LogP) is 4.40. The van der Waals surface area contributed by atoms with Gasteiger partial charge in [-0.15, -0.1) is 0 Å². The van der Waals surface area contributed by atoms with E-state index in [-0.39, 0.29) is 22.0 Å². The van der Waals surface area contributed by atoms with Crippen LogP contribution in [0.4, 0.5) is 15.8 Å². The Morgan fingerprint density at radius 2 is 2.00 bits per heavy atom. The van der Waals surface area contributed by atoms with Crippen molar-refractivity contribution >= 4 is 44.8 Å². The number of rotatable bonds is 3. The molecule has 0 spiro atoms. The first-order valence-electron chi connectivity index (χ1n) is 5.59. The molecule has 5 nitrogen and oxygen atoms in total. The van der Waals surface area contributed by atoms with Gasteiger partial charge >= 0.3 is 0 Å². The number of carbonyl (C=O) groups excluding carboxylic acids is 1. The second-order valence-corrected chi connectivity index (χ2v) is 5.26. The van der Waals surface area contributed by atoms with Crippen molar-refractivity contribution in [2.45, 2.75) is 0 Å². The maximum atomic E-state index is 13.1. The van der Waals surface area contributed by atoms with Crippen LogP contribution in [-0.2, 0) is 0 Å². The van der Waals surface area contributed by atoms with E-state index in [1.54, 1.807) is 0 Å². The summed E-state index contributed by atoms with van der Waals surface area (Å²) in [6, 6.07) is 7.31. The topological polar surface area (TPSA) is 72.2 Å². The molecule has 0 saturated carbocycles. The van der Waals surface area contributed by atoms with Crippen molar-refractivity contribution in [1.82, 2.24) is 0 Å². The minimum absolute atomic E-state index is 0.0541. The minimum atomic E-state index is -0.614. The average molecular weight is 374 g/mol. The third kappa shape index (κ3) is 3.56. The summed E-state index contributed by atoms with van der Waals surface area (Å²) in [7, 11) is 0. The highest BCUT2D eigenvalue weighted by Gasteiger charge is 2.16. The van der Waals surface area contributed by atoms with E-state index in [9.17, 15) is 19.3 Å². The lowest BCUT2D eigenvalue weighted by molar-refractivity contribution is -0.384. The van der Waals surface area contributed by atoms with Crippen LogP contribution in [0.15, 0.2) is 40.9 Å². The van der Waals surface area contributed by atoms with E-state index in [1.165, 1.54) is 24.3 Å². The Labute approximate surface area is 132 Å². The largest absolute Gasteiger partial charge is 0.321 e. The molecule has 2 aromatic carbocycles. The van der Waals surface area contributed by atoms with Crippen LogP contribution in [0, 0.1) is 15.9 Å². The second-order valence-electron chi connectivity index (χ2n) is 4.00. The molecule has 0 aliphatic carbocycles. The van der Waals surface area contributed by atoms with Gasteiger partial charge in [0.2, 0.25) is 0 Å². The molecule has 1 amide bonds. The molecule has 1 N–H and O–H groups in total. The quantitative estimate of drug-likeness (QED) is 0.640. The van der Waals surface area contributed by atoms with E-state index >= 15 is 0 Å². The van der Waals surface area contributed by atoms with Crippen LogP contribution >= 0.6 is 27.5 Å². The molecule has 2 rings (SSSR count). The third-order valence-electron chi connectivity index (χ3n) is 2.58. The van der Waals surface area contributed by atoms with Crippen molar-refractivity contribution in [1.29, 1.82) is 0 Å². The average Bonchev–Trinajstić information content (AvgIpc) is 2.42. The van der Waals surface area contributed by atoms with E-state index in [4.69, 9.17) is 11.6 Å². The highest BCUT2D eigenvalue weighted by Crippen LogP contribution is 2.26. The molecule has 8 heteroatoms. The zero-order chi connectivity index (χ0) is 15.6. The van der Waals surface area contributed by atoms with Crippen LogP contribution in [0.25, 0.3) is 0 Å². The van der Waals surface area contributed by atoms with E-state index in [2.05, 4.69) is 21.2 Å². The van der Waals surface area contributed by atoms with Gasteiger partial charge < -0.3 is 5.32 Å². The molecular weight excluding hydrogens is 367 g/mol. The smallest absolute Gasteiger partial charge is 0.270 e. The molecule has 0 unspecified atom stereocenters. The van der Waals surface area contributed by atoms with Gasteiger partial charge in [-0.25, -0.2) is 4.39 Å². The highest BCUT2D eigenvalue weighted by molar-refractivity contribution is 9.10. The fourth-order valence-electron chi connectivity index (χ4n) is 1.58. The Bertz CT molecular complexity index is 739. The molecule has 21 heavy (non-hydrogen) atoms. The molecule has 0 fully saturated rings. The van der Waals surface area contributed by atoms with Gasteiger partial charge in [-0.05, 0) is 40.2 Å². The molecule has 2 aromatic rings. The van der Waals surface area contributed by atoms with Crippen LogP contribution in [0.2, 0.25) is 5.02 Å². The van der Waals surface area contributed by atoms with Crippen LogP contribution < -0.4 is 5.32 Å². The lowest BCUT2D eigenvalue weighted by Crippen LogP contribution is -2.13. The second kappa shape index (κ2) is 6.19. The van der Waals surface area contributed by atoms with Crippen molar-refractivity contribution in [2.75, 3.05) is 5.32 Å². The molecular formula is C13H7BrClFN2O3. The zero-order valence-corrected chi connectivity index (χ0v) is 12.6. The van der Waals surface area contributed by atoms with E-state index in [1.807, 2.05) is 0 Å². The van der Waals surface area contributed by atoms with Gasteiger partial charge in [0.25, 0.3) is 11.6 Å². The first-order chi connectivity index (χ1) is 9.88. The van der Waals surface area contributed by atoms with Crippen LogP contribution in [0.1, 0.15) is 10.4 Å². The number of halogens is 3. The molecule has 108 valence electrons. The Morgan fingerprint density at radius 1 is 1.29 bits per heavy atom. The fourth-order valence-corrected chi connectivity index (χ4v) is 2.19. The van der Waals surface area contributed by atoms with E-state index in [0.717, 1.165) is 12.1 Å². The summed E-state index contributed by atoms with van der Waals surface area (Å²) >= 11 is 9.03. The first-order valence-corrected chi connectivity index (χ1v) is 6.76. The number of hydrogen-bond acceptors (Lipinski definition) is 3. The van der Waals surface area contributed by atoms with Crippen molar-refractivity contribution in [2.24, 2.45) is 0 Å². The normalized spacial score (nSPS) is 10.2. The van der Waals surface area contributed by atoms with Gasteiger partial charge in [-0.1, -0.05) is 11.6 Å². The van der Waals surface area contributed by atoms with Crippen molar-refractivity contribution in [3.05, 3.63) is 67.4 Å². The molecule has 0 bridgehead atoms. The van der Waals surface area contributed by atoms with E-state index < -0.39 is 16.6 Å². The first kappa shape index (κ1) is 15.4. The third-order valence-corrected chi connectivity index (χ3v) is 3.59. The van der Waals surface area contributed by atoms with Gasteiger partial charge in [0.15, 0.2) is 0 Å². The summed E-state index contributed by atoms with van der Waals surface area (Å²) in [5.74, 6) is -1.11. The number of carbonyl (C=O) groups is 1. The van der Waals surface area contributed by atoms with Gasteiger partial charge in [-0.2, -0.15) is 0 Å². The number of amides is 1. The fraction of sp³-hybridized carbons (Fsp3) is 0. The molecule has 0 aliphatic rings. The standard InChI is InChI=1S/C13H7BrClFN2O3/c14-10-4-1-7(16)5-12(10)17-13(19)9-3-2-8(18(20)21)6-11(9)15/h1-6H,(H,17,19). The maximum absolute atomic E-state index is 13.1. The zero-order valence-electron chi connectivity index (χ0n) is 10.3. The van der Waals surface area contributed by atoms with Crippen LogP contribution in [-0.4, -0.2) is 10.8 Å². The number of hydrogen-bond donors (Lipinski definition) is 1. The molecule has 0 heterocycles. The number of nitrogens with zero attached hydrogens (tertiary/aromatic N) is 1. The molecule has 0 atom stereocenters. The molecule has 0 saturated heterocycles. The Hall–Kier alpha value is -1.99. The summed E-state index contributed by atoms with van der Waals surface area (Å²) < 4.78 is 13.6. The van der Waals surface area contributed by atoms with Gasteiger partial charge in [0, 0.05) is 16.6 Å². The molecule has 0 radical (unpaired) electrons. The number of nitro benzene ring substituents is 1. The summed E-state index contributed by atoms with van der Waals surface area (Å²) in [4.78, 5) is 22.1. The Kier molecular flexibility index (Phi) is 4.54. The summed E-state index contributed by atoms with van der Waals surface area (Å²) in [5.41, 5.74) is 0.0660. The molecule has 0 aliphatic heterocycles. The maximum Gasteiger partial charge on any atom is 0.270 e. The highest BCUT2D eigenvalue weighted by atomic mass is 79.9. The van der Waals surface area contributed by atoms with Crippen LogP contribution in [0.5, 0.6) is 0 Å². The van der Waals surface area contributed by atoms with Crippen molar-refractivity contribution in [3.8, 4) is 0 Å². The van der Waals surface area contributed by atoms with Gasteiger partial charge in [0.1, 0.15) is 5.82 Å². The van der Waals surface area contributed by atoms with Gasteiger partial charge in [0.05, 0.1) is 21.2 Å². The summed E-state index contributed by atoms with van der Waals surface area (Å²) in [6.45, 7) is 0. The predicted molar refractivity (Wildman–Crippen MR) is 80.2 cm³/mol.